The highest BCUT2D eigenvalue weighted by Crippen LogP contribution is 2.25. The molecular formula is C13H10Cl2O2. The van der Waals surface area contributed by atoms with Crippen LogP contribution in [-0.2, 0) is 6.42 Å². The van der Waals surface area contributed by atoms with E-state index in [1.807, 2.05) is 0 Å². The van der Waals surface area contributed by atoms with Gasteiger partial charge in [0, 0.05) is 16.5 Å². The van der Waals surface area contributed by atoms with Crippen LogP contribution in [0, 0.1) is 6.92 Å². The van der Waals surface area contributed by atoms with Gasteiger partial charge in [0.25, 0.3) is 0 Å². The van der Waals surface area contributed by atoms with Crippen molar-refractivity contribution >= 4 is 29.0 Å². The molecule has 0 radical (unpaired) electrons. The molecule has 0 unspecified atom stereocenters. The van der Waals surface area contributed by atoms with Crippen LogP contribution in [0.25, 0.3) is 0 Å². The summed E-state index contributed by atoms with van der Waals surface area (Å²) in [6.07, 6.45) is 0.144. The number of Topliss-reactive ketones (excluding diaryl/α,β-unsaturated/α-hetero) is 1. The van der Waals surface area contributed by atoms with Crippen LogP contribution in [0.5, 0.6) is 0 Å². The predicted molar refractivity (Wildman–Crippen MR) is 67.9 cm³/mol. The van der Waals surface area contributed by atoms with Gasteiger partial charge >= 0.3 is 0 Å². The average molecular weight is 269 g/mol. The first-order valence-electron chi connectivity index (χ1n) is 5.10. The normalized spacial score (nSPS) is 10.5. The van der Waals surface area contributed by atoms with E-state index in [-0.39, 0.29) is 12.2 Å². The fourth-order valence-electron chi connectivity index (χ4n) is 1.53. The Hall–Kier alpha value is -1.25. The summed E-state index contributed by atoms with van der Waals surface area (Å²) in [7, 11) is 0. The molecule has 1 aromatic carbocycles. The standard InChI is InChI=1S/C13H10Cl2O2/c1-8-5-6-13(17-8)12(16)7-9-10(14)3-2-4-11(9)15/h2-6H,7H2,1H3. The Morgan fingerprint density at radius 1 is 1.18 bits per heavy atom. The lowest BCUT2D eigenvalue weighted by Crippen LogP contribution is -2.03. The number of ketones is 1. The maximum absolute atomic E-state index is 11.9. The maximum atomic E-state index is 11.9. The molecule has 2 nitrogen and oxygen atoms in total. The van der Waals surface area contributed by atoms with Crippen molar-refractivity contribution in [1.29, 1.82) is 0 Å². The average Bonchev–Trinajstić information content (AvgIpc) is 2.70. The highest BCUT2D eigenvalue weighted by molar-refractivity contribution is 6.36. The fourth-order valence-corrected chi connectivity index (χ4v) is 2.06. The molecule has 0 aliphatic heterocycles. The van der Waals surface area contributed by atoms with Gasteiger partial charge in [0.1, 0.15) is 5.76 Å². The summed E-state index contributed by atoms with van der Waals surface area (Å²) in [4.78, 5) is 11.9. The molecule has 0 spiro atoms. The molecule has 0 saturated carbocycles. The van der Waals surface area contributed by atoms with Gasteiger partial charge in [0.15, 0.2) is 5.76 Å². The number of rotatable bonds is 3. The molecule has 0 bridgehead atoms. The molecule has 0 N–H and O–H groups in total. The molecule has 1 heterocycles. The van der Waals surface area contributed by atoms with Gasteiger partial charge in [0.2, 0.25) is 5.78 Å². The Morgan fingerprint density at radius 3 is 2.35 bits per heavy atom. The zero-order valence-electron chi connectivity index (χ0n) is 9.17. The van der Waals surface area contributed by atoms with Crippen molar-refractivity contribution in [2.75, 3.05) is 0 Å². The summed E-state index contributed by atoms with van der Waals surface area (Å²) in [5.74, 6) is 0.908. The van der Waals surface area contributed by atoms with Gasteiger partial charge in [-0.1, -0.05) is 29.3 Å². The maximum Gasteiger partial charge on any atom is 0.202 e. The van der Waals surface area contributed by atoms with Gasteiger partial charge in [-0.05, 0) is 36.8 Å². The third-order valence-electron chi connectivity index (χ3n) is 2.41. The number of carbonyl (C=O) groups excluding carboxylic acids is 1. The zero-order valence-corrected chi connectivity index (χ0v) is 10.7. The van der Waals surface area contributed by atoms with Crippen molar-refractivity contribution in [2.24, 2.45) is 0 Å². The minimum atomic E-state index is -0.131. The number of hydrogen-bond acceptors (Lipinski definition) is 2. The van der Waals surface area contributed by atoms with Crippen LogP contribution in [0.15, 0.2) is 34.7 Å². The van der Waals surface area contributed by atoms with Crippen molar-refractivity contribution in [3.8, 4) is 0 Å². The van der Waals surface area contributed by atoms with Crippen LogP contribution in [-0.4, -0.2) is 5.78 Å². The summed E-state index contributed by atoms with van der Waals surface area (Å²) in [6, 6.07) is 8.58. The van der Waals surface area contributed by atoms with Crippen LogP contribution in [0.2, 0.25) is 10.0 Å². The quantitative estimate of drug-likeness (QED) is 0.777. The molecular weight excluding hydrogens is 259 g/mol. The molecule has 2 rings (SSSR count). The van der Waals surface area contributed by atoms with E-state index in [0.717, 1.165) is 0 Å². The highest BCUT2D eigenvalue weighted by Gasteiger charge is 2.15. The molecule has 4 heteroatoms. The molecule has 0 fully saturated rings. The molecule has 1 aromatic heterocycles. The third kappa shape index (κ3) is 2.71. The number of carbonyl (C=O) groups is 1. The molecule has 2 aromatic rings. The van der Waals surface area contributed by atoms with Gasteiger partial charge < -0.3 is 4.42 Å². The van der Waals surface area contributed by atoms with E-state index >= 15 is 0 Å². The number of hydrogen-bond donors (Lipinski definition) is 0. The Morgan fingerprint density at radius 2 is 1.82 bits per heavy atom. The summed E-state index contributed by atoms with van der Waals surface area (Å²) in [6.45, 7) is 1.79. The Balaban J connectivity index is 2.24. The SMILES string of the molecule is Cc1ccc(C(=O)Cc2c(Cl)cccc2Cl)o1. The van der Waals surface area contributed by atoms with E-state index in [2.05, 4.69) is 0 Å². The number of aryl methyl sites for hydroxylation is 1. The first kappa shape index (κ1) is 12.2. The van der Waals surface area contributed by atoms with E-state index in [9.17, 15) is 4.79 Å². The van der Waals surface area contributed by atoms with Crippen molar-refractivity contribution in [3.63, 3.8) is 0 Å². The lowest BCUT2D eigenvalue weighted by atomic mass is 10.1. The second-order valence-electron chi connectivity index (χ2n) is 3.71. The molecule has 0 amide bonds. The lowest BCUT2D eigenvalue weighted by molar-refractivity contribution is 0.0965. The van der Waals surface area contributed by atoms with Gasteiger partial charge in [0.05, 0.1) is 0 Å². The minimum Gasteiger partial charge on any atom is -0.458 e. The van der Waals surface area contributed by atoms with Crippen LogP contribution in [0.1, 0.15) is 21.9 Å². The second kappa shape index (κ2) is 4.94. The summed E-state index contributed by atoms with van der Waals surface area (Å²) >= 11 is 12.0. The fraction of sp³-hybridized carbons (Fsp3) is 0.154. The van der Waals surface area contributed by atoms with Crippen molar-refractivity contribution < 1.29 is 9.21 Å². The Kier molecular flexibility index (Phi) is 3.55. The summed E-state index contributed by atoms with van der Waals surface area (Å²) in [5.41, 5.74) is 0.634. The van der Waals surface area contributed by atoms with Gasteiger partial charge in [-0.25, -0.2) is 0 Å². The van der Waals surface area contributed by atoms with E-state index in [4.69, 9.17) is 27.6 Å². The molecule has 0 aliphatic carbocycles. The van der Waals surface area contributed by atoms with Gasteiger partial charge in [-0.2, -0.15) is 0 Å². The third-order valence-corrected chi connectivity index (χ3v) is 3.12. The Bertz CT molecular complexity index is 538. The number of benzene rings is 1. The molecule has 0 atom stereocenters. The van der Waals surface area contributed by atoms with E-state index in [1.165, 1.54) is 0 Å². The van der Waals surface area contributed by atoms with E-state index in [1.54, 1.807) is 37.3 Å². The largest absolute Gasteiger partial charge is 0.458 e. The van der Waals surface area contributed by atoms with Crippen LogP contribution in [0.4, 0.5) is 0 Å². The van der Waals surface area contributed by atoms with Crippen molar-refractivity contribution in [2.45, 2.75) is 13.3 Å². The lowest BCUT2D eigenvalue weighted by Gasteiger charge is -2.04. The topological polar surface area (TPSA) is 30.2 Å². The first-order valence-corrected chi connectivity index (χ1v) is 5.86. The van der Waals surface area contributed by atoms with Crippen molar-refractivity contribution in [1.82, 2.24) is 0 Å². The summed E-state index contributed by atoms with van der Waals surface area (Å²) in [5, 5.41) is 0.989. The number of halogens is 2. The molecule has 17 heavy (non-hydrogen) atoms. The first-order chi connectivity index (χ1) is 8.08. The molecule has 0 saturated heterocycles. The monoisotopic (exact) mass is 268 g/mol. The van der Waals surface area contributed by atoms with Gasteiger partial charge in [-0.3, -0.25) is 4.79 Å². The second-order valence-corrected chi connectivity index (χ2v) is 4.52. The molecule has 88 valence electrons. The smallest absolute Gasteiger partial charge is 0.202 e. The van der Waals surface area contributed by atoms with Gasteiger partial charge in [-0.15, -0.1) is 0 Å². The minimum absolute atomic E-state index is 0.131. The van der Waals surface area contributed by atoms with E-state index < -0.39 is 0 Å². The highest BCUT2D eigenvalue weighted by atomic mass is 35.5. The van der Waals surface area contributed by atoms with E-state index in [0.29, 0.717) is 27.1 Å². The summed E-state index contributed by atoms with van der Waals surface area (Å²) < 4.78 is 5.26. The Labute approximate surface area is 109 Å². The van der Waals surface area contributed by atoms with Crippen molar-refractivity contribution in [3.05, 3.63) is 57.5 Å². The predicted octanol–water partition coefficient (Wildman–Crippen LogP) is 4.32. The number of furan rings is 1. The zero-order chi connectivity index (χ0) is 12.4. The van der Waals surface area contributed by atoms with Crippen LogP contribution >= 0.6 is 23.2 Å². The van der Waals surface area contributed by atoms with Crippen LogP contribution < -0.4 is 0 Å². The van der Waals surface area contributed by atoms with Crippen LogP contribution in [0.3, 0.4) is 0 Å². The molecule has 0 aliphatic rings.